The van der Waals surface area contributed by atoms with Crippen LogP contribution in [0, 0.1) is 6.92 Å². The summed E-state index contributed by atoms with van der Waals surface area (Å²) in [6.45, 7) is 4.71. The smallest absolute Gasteiger partial charge is 0.335 e. The van der Waals surface area contributed by atoms with Crippen molar-refractivity contribution in [3.8, 4) is 0 Å². The van der Waals surface area contributed by atoms with Crippen LogP contribution in [-0.2, 0) is 13.0 Å². The highest BCUT2D eigenvalue weighted by molar-refractivity contribution is 7.11. The van der Waals surface area contributed by atoms with Crippen molar-refractivity contribution in [3.05, 3.63) is 45.7 Å². The van der Waals surface area contributed by atoms with E-state index in [1.807, 2.05) is 19.2 Å². The van der Waals surface area contributed by atoms with Gasteiger partial charge in [-0.05, 0) is 31.5 Å². The minimum absolute atomic E-state index is 0.259. The number of imidazole rings is 1. The number of carbonyl (C=O) groups is 1. The van der Waals surface area contributed by atoms with Crippen LogP contribution in [0.15, 0.2) is 24.4 Å². The third-order valence-corrected chi connectivity index (χ3v) is 4.56. The van der Waals surface area contributed by atoms with Gasteiger partial charge in [0.05, 0.1) is 23.1 Å². The monoisotopic (exact) mass is 301 g/mol. The van der Waals surface area contributed by atoms with Crippen LogP contribution in [0.4, 0.5) is 0 Å². The third kappa shape index (κ3) is 2.54. The predicted molar refractivity (Wildman–Crippen MR) is 82.0 cm³/mol. The number of carboxylic acids is 1. The number of aromatic carboxylic acids is 1. The summed E-state index contributed by atoms with van der Waals surface area (Å²) >= 11 is 1.70. The highest BCUT2D eigenvalue weighted by Crippen LogP contribution is 2.21. The molecule has 0 spiro atoms. The number of hydrogen-bond donors (Lipinski definition) is 1. The number of nitrogens with zero attached hydrogens (tertiary/aromatic N) is 3. The fourth-order valence-corrected chi connectivity index (χ4v) is 3.15. The van der Waals surface area contributed by atoms with E-state index in [1.54, 1.807) is 23.5 Å². The summed E-state index contributed by atoms with van der Waals surface area (Å²) in [4.78, 5) is 21.2. The highest BCUT2D eigenvalue weighted by atomic mass is 32.1. The molecule has 1 aromatic carbocycles. The SMILES string of the molecule is CCc1cnc(Cn2c(C)nc3cc(C(=O)O)ccc32)s1. The van der Waals surface area contributed by atoms with Crippen LogP contribution >= 0.6 is 11.3 Å². The predicted octanol–water partition coefficient (Wildman–Crippen LogP) is 3.11. The third-order valence-electron chi connectivity index (χ3n) is 3.43. The zero-order chi connectivity index (χ0) is 15.0. The maximum absolute atomic E-state index is 11.0. The number of thiazole rings is 1. The molecule has 0 aliphatic rings. The summed E-state index contributed by atoms with van der Waals surface area (Å²) in [5.74, 6) is -0.0719. The molecule has 0 saturated heterocycles. The van der Waals surface area contributed by atoms with Crippen LogP contribution in [0.25, 0.3) is 11.0 Å². The number of aromatic nitrogens is 3. The molecule has 0 fully saturated rings. The van der Waals surface area contributed by atoms with Crippen LogP contribution in [0.1, 0.15) is 33.0 Å². The number of rotatable bonds is 4. The summed E-state index contributed by atoms with van der Waals surface area (Å²) in [5.41, 5.74) is 1.90. The molecular weight excluding hydrogens is 286 g/mol. The molecule has 0 saturated carbocycles. The van der Waals surface area contributed by atoms with E-state index in [0.29, 0.717) is 12.1 Å². The van der Waals surface area contributed by atoms with Gasteiger partial charge in [0.2, 0.25) is 0 Å². The van der Waals surface area contributed by atoms with Gasteiger partial charge in [0, 0.05) is 11.1 Å². The summed E-state index contributed by atoms with van der Waals surface area (Å²) in [7, 11) is 0. The van der Waals surface area contributed by atoms with E-state index in [2.05, 4.69) is 21.5 Å². The Bertz CT molecular complexity index is 820. The lowest BCUT2D eigenvalue weighted by Crippen LogP contribution is -2.01. The van der Waals surface area contributed by atoms with E-state index < -0.39 is 5.97 Å². The molecule has 1 N–H and O–H groups in total. The molecule has 108 valence electrons. The highest BCUT2D eigenvalue weighted by Gasteiger charge is 2.12. The molecule has 3 aromatic rings. The van der Waals surface area contributed by atoms with Gasteiger partial charge in [-0.15, -0.1) is 11.3 Å². The molecule has 0 unspecified atom stereocenters. The summed E-state index contributed by atoms with van der Waals surface area (Å²) in [5, 5.41) is 10.1. The molecule has 0 bridgehead atoms. The van der Waals surface area contributed by atoms with Crippen LogP contribution < -0.4 is 0 Å². The van der Waals surface area contributed by atoms with Gasteiger partial charge >= 0.3 is 5.97 Å². The molecule has 3 rings (SSSR count). The number of hydrogen-bond acceptors (Lipinski definition) is 4. The average molecular weight is 301 g/mol. The van der Waals surface area contributed by atoms with Crippen LogP contribution in [-0.4, -0.2) is 25.6 Å². The lowest BCUT2D eigenvalue weighted by molar-refractivity contribution is 0.0697. The van der Waals surface area contributed by atoms with Crippen molar-refractivity contribution in [2.75, 3.05) is 0 Å². The van der Waals surface area contributed by atoms with Crippen molar-refractivity contribution in [1.82, 2.24) is 14.5 Å². The van der Waals surface area contributed by atoms with Crippen molar-refractivity contribution >= 4 is 28.3 Å². The Hall–Kier alpha value is -2.21. The Morgan fingerprint density at radius 2 is 2.24 bits per heavy atom. The first-order chi connectivity index (χ1) is 10.1. The first kappa shape index (κ1) is 13.8. The Balaban J connectivity index is 2.01. The molecule has 2 aromatic heterocycles. The van der Waals surface area contributed by atoms with Gasteiger partial charge in [0.25, 0.3) is 0 Å². The first-order valence-electron chi connectivity index (χ1n) is 6.72. The molecule has 0 atom stereocenters. The maximum atomic E-state index is 11.0. The minimum atomic E-state index is -0.934. The van der Waals surface area contributed by atoms with Gasteiger partial charge < -0.3 is 9.67 Å². The molecule has 0 amide bonds. The quantitative estimate of drug-likeness (QED) is 0.804. The number of aryl methyl sites for hydroxylation is 2. The van der Waals surface area contributed by atoms with E-state index in [4.69, 9.17) is 5.11 Å². The Kier molecular flexibility index (Phi) is 3.47. The molecule has 5 nitrogen and oxygen atoms in total. The topological polar surface area (TPSA) is 68.0 Å². The lowest BCUT2D eigenvalue weighted by Gasteiger charge is -2.04. The van der Waals surface area contributed by atoms with Gasteiger partial charge in [-0.2, -0.15) is 0 Å². The van der Waals surface area contributed by atoms with Gasteiger partial charge in [-0.1, -0.05) is 6.92 Å². The van der Waals surface area contributed by atoms with E-state index in [1.165, 1.54) is 4.88 Å². The normalized spacial score (nSPS) is 11.1. The molecule has 0 radical (unpaired) electrons. The summed E-state index contributed by atoms with van der Waals surface area (Å²) in [6, 6.07) is 5.04. The molecule has 6 heteroatoms. The Labute approximate surface area is 125 Å². The standard InChI is InChI=1S/C15H15N3O2S/c1-3-11-7-16-14(21-11)8-18-9(2)17-12-6-10(15(19)20)4-5-13(12)18/h4-7H,3,8H2,1-2H3,(H,19,20). The van der Waals surface area contributed by atoms with Crippen molar-refractivity contribution in [1.29, 1.82) is 0 Å². The van der Waals surface area contributed by atoms with Gasteiger partial charge in [-0.25, -0.2) is 14.8 Å². The number of carboxylic acid groups (broad SMARTS) is 1. The molecule has 0 aliphatic heterocycles. The van der Waals surface area contributed by atoms with Gasteiger partial charge in [-0.3, -0.25) is 0 Å². The lowest BCUT2D eigenvalue weighted by atomic mass is 10.2. The zero-order valence-corrected chi connectivity index (χ0v) is 12.6. The zero-order valence-electron chi connectivity index (χ0n) is 11.8. The van der Waals surface area contributed by atoms with Crippen LogP contribution in [0.3, 0.4) is 0 Å². The molecule has 21 heavy (non-hydrogen) atoms. The van der Waals surface area contributed by atoms with Crippen LogP contribution in [0.2, 0.25) is 0 Å². The minimum Gasteiger partial charge on any atom is -0.478 e. The average Bonchev–Trinajstić information content (AvgIpc) is 3.04. The van der Waals surface area contributed by atoms with Crippen LogP contribution in [0.5, 0.6) is 0 Å². The molecular formula is C15H15N3O2S. The van der Waals surface area contributed by atoms with E-state index >= 15 is 0 Å². The van der Waals surface area contributed by atoms with E-state index in [0.717, 1.165) is 22.8 Å². The van der Waals surface area contributed by atoms with Crippen molar-refractivity contribution < 1.29 is 9.90 Å². The van der Waals surface area contributed by atoms with E-state index in [-0.39, 0.29) is 5.56 Å². The fourth-order valence-electron chi connectivity index (χ4n) is 2.30. The van der Waals surface area contributed by atoms with Gasteiger partial charge in [0.1, 0.15) is 10.8 Å². The number of benzene rings is 1. The van der Waals surface area contributed by atoms with E-state index in [9.17, 15) is 4.79 Å². The largest absolute Gasteiger partial charge is 0.478 e. The van der Waals surface area contributed by atoms with Gasteiger partial charge in [0.15, 0.2) is 0 Å². The van der Waals surface area contributed by atoms with Crippen molar-refractivity contribution in [2.24, 2.45) is 0 Å². The maximum Gasteiger partial charge on any atom is 0.335 e. The molecule has 0 aliphatic carbocycles. The Morgan fingerprint density at radius 3 is 2.90 bits per heavy atom. The van der Waals surface area contributed by atoms with Crippen molar-refractivity contribution in [2.45, 2.75) is 26.8 Å². The van der Waals surface area contributed by atoms with Crippen molar-refractivity contribution in [3.63, 3.8) is 0 Å². The first-order valence-corrected chi connectivity index (χ1v) is 7.54. The summed E-state index contributed by atoms with van der Waals surface area (Å²) in [6.07, 6.45) is 2.90. The fraction of sp³-hybridized carbons (Fsp3) is 0.267. The Morgan fingerprint density at radius 1 is 1.43 bits per heavy atom. The second-order valence-corrected chi connectivity index (χ2v) is 6.03. The second kappa shape index (κ2) is 5.29. The summed E-state index contributed by atoms with van der Waals surface area (Å²) < 4.78 is 2.07. The molecule has 2 heterocycles. The number of fused-ring (bicyclic) bond motifs is 1. The second-order valence-electron chi connectivity index (χ2n) is 4.83.